The third kappa shape index (κ3) is 3.23. The number of nitrogens with two attached hydrogens (primary N) is 1. The number of nitrogens with zero attached hydrogens (tertiary/aromatic N) is 2. The summed E-state index contributed by atoms with van der Waals surface area (Å²) >= 11 is 0. The van der Waals surface area contributed by atoms with Gasteiger partial charge in [-0.3, -0.25) is 9.69 Å². The highest BCUT2D eigenvalue weighted by Gasteiger charge is 2.49. The fourth-order valence-corrected chi connectivity index (χ4v) is 3.49. The van der Waals surface area contributed by atoms with E-state index in [1.807, 2.05) is 37.3 Å². The van der Waals surface area contributed by atoms with Gasteiger partial charge in [-0.15, -0.1) is 0 Å². The van der Waals surface area contributed by atoms with E-state index < -0.39 is 11.9 Å². The van der Waals surface area contributed by atoms with Gasteiger partial charge < -0.3 is 10.5 Å². The number of aliphatic imine (C=N–C) groups is 1. The number of aryl methyl sites for hydroxylation is 1. The Morgan fingerprint density at radius 3 is 2.36 bits per heavy atom. The molecule has 5 nitrogen and oxygen atoms in total. The van der Waals surface area contributed by atoms with E-state index in [1.54, 1.807) is 19.2 Å². The summed E-state index contributed by atoms with van der Waals surface area (Å²) < 4.78 is 18.5. The number of hydrogen-bond acceptors (Lipinski definition) is 4. The molecule has 3 rings (SSSR count). The molecule has 2 atom stereocenters. The van der Waals surface area contributed by atoms with Crippen molar-refractivity contribution in [2.75, 3.05) is 7.05 Å². The van der Waals surface area contributed by atoms with Crippen LogP contribution in [0.25, 0.3) is 0 Å². The number of guanidine groups is 1. The molecule has 6 heteroatoms. The lowest BCUT2D eigenvalue weighted by Gasteiger charge is -2.27. The van der Waals surface area contributed by atoms with Crippen LogP contribution in [0.3, 0.4) is 0 Å². The van der Waals surface area contributed by atoms with Crippen LogP contribution >= 0.6 is 0 Å². The van der Waals surface area contributed by atoms with Crippen LogP contribution in [0.5, 0.6) is 5.75 Å². The molecular weight excluding hydrogens is 357 g/mol. The molecule has 1 amide bonds. The fraction of sp³-hybridized carbons (Fsp3) is 0.364. The number of carbonyl (C=O) groups is 1. The normalized spacial score (nSPS) is 20.5. The van der Waals surface area contributed by atoms with Crippen LogP contribution in [0.4, 0.5) is 4.39 Å². The van der Waals surface area contributed by atoms with E-state index in [2.05, 4.69) is 18.8 Å². The molecule has 0 radical (unpaired) electrons. The second-order valence-electron chi connectivity index (χ2n) is 7.47. The number of amides is 1. The molecule has 2 aromatic carbocycles. The topological polar surface area (TPSA) is 67.9 Å². The number of alkyl halides is 1. The predicted octanol–water partition coefficient (Wildman–Crippen LogP) is 3.84. The SMILES string of the molecule is Cc1cc(C2(c3cccc(C(C)C)c3)N=C(N)N(C)C2=O)ccc1OC(C)F. The second kappa shape index (κ2) is 7.26. The summed E-state index contributed by atoms with van der Waals surface area (Å²) in [7, 11) is 1.62. The summed E-state index contributed by atoms with van der Waals surface area (Å²) in [6.07, 6.45) is -1.42. The zero-order chi connectivity index (χ0) is 20.6. The monoisotopic (exact) mass is 383 g/mol. The Labute approximate surface area is 165 Å². The van der Waals surface area contributed by atoms with Gasteiger partial charge in [0.25, 0.3) is 5.91 Å². The standard InChI is InChI=1S/C22H26FN3O2/c1-13(2)16-7-6-8-17(12-16)22(20(27)26(5)21(24)25-22)18-9-10-19(14(3)11-18)28-15(4)23/h6-13,15H,1-5H3,(H2,24,25). The minimum absolute atomic E-state index is 0.162. The van der Waals surface area contributed by atoms with Gasteiger partial charge in [0.1, 0.15) is 5.75 Å². The van der Waals surface area contributed by atoms with Gasteiger partial charge in [-0.2, -0.15) is 0 Å². The van der Waals surface area contributed by atoms with Crippen LogP contribution in [0.15, 0.2) is 47.5 Å². The number of halogens is 1. The number of hydrogen-bond donors (Lipinski definition) is 1. The Morgan fingerprint density at radius 2 is 1.82 bits per heavy atom. The molecule has 2 unspecified atom stereocenters. The van der Waals surface area contributed by atoms with Crippen molar-refractivity contribution in [1.29, 1.82) is 0 Å². The first-order valence-corrected chi connectivity index (χ1v) is 9.32. The average Bonchev–Trinajstić information content (AvgIpc) is 2.88. The lowest BCUT2D eigenvalue weighted by Crippen LogP contribution is -2.41. The summed E-state index contributed by atoms with van der Waals surface area (Å²) in [5, 5.41) is 0. The molecule has 0 aliphatic carbocycles. The maximum atomic E-state index is 13.3. The van der Waals surface area contributed by atoms with Gasteiger partial charge in [0, 0.05) is 14.0 Å². The molecule has 28 heavy (non-hydrogen) atoms. The Hall–Kier alpha value is -2.89. The average molecular weight is 383 g/mol. The van der Waals surface area contributed by atoms with E-state index >= 15 is 0 Å². The van der Waals surface area contributed by atoms with Crippen molar-refractivity contribution in [3.8, 4) is 5.75 Å². The molecule has 0 fully saturated rings. The van der Waals surface area contributed by atoms with Gasteiger partial charge in [0.05, 0.1) is 0 Å². The van der Waals surface area contributed by atoms with Crippen molar-refractivity contribution < 1.29 is 13.9 Å². The zero-order valence-electron chi connectivity index (χ0n) is 16.9. The third-order valence-electron chi connectivity index (χ3n) is 5.09. The van der Waals surface area contributed by atoms with E-state index in [9.17, 15) is 9.18 Å². The Balaban J connectivity index is 2.21. The fourth-order valence-electron chi connectivity index (χ4n) is 3.49. The summed E-state index contributed by atoms with van der Waals surface area (Å²) in [6, 6.07) is 13.1. The molecule has 0 aromatic heterocycles. The van der Waals surface area contributed by atoms with Crippen LogP contribution in [0.1, 0.15) is 48.9 Å². The van der Waals surface area contributed by atoms with Crippen LogP contribution in [0, 0.1) is 6.92 Å². The number of rotatable bonds is 5. The van der Waals surface area contributed by atoms with E-state index in [0.717, 1.165) is 16.7 Å². The molecule has 0 saturated carbocycles. The highest BCUT2D eigenvalue weighted by molar-refractivity contribution is 6.08. The summed E-state index contributed by atoms with van der Waals surface area (Å²) in [5.41, 5.74) is 8.01. The van der Waals surface area contributed by atoms with Crippen LogP contribution in [0.2, 0.25) is 0 Å². The van der Waals surface area contributed by atoms with Gasteiger partial charge in [0.15, 0.2) is 11.5 Å². The van der Waals surface area contributed by atoms with Gasteiger partial charge in [0.2, 0.25) is 6.36 Å². The van der Waals surface area contributed by atoms with E-state index in [1.165, 1.54) is 11.8 Å². The van der Waals surface area contributed by atoms with E-state index in [4.69, 9.17) is 10.5 Å². The molecule has 0 bridgehead atoms. The minimum atomic E-state index is -1.42. The molecule has 0 spiro atoms. The van der Waals surface area contributed by atoms with Crippen molar-refractivity contribution in [1.82, 2.24) is 4.90 Å². The van der Waals surface area contributed by atoms with Gasteiger partial charge in [-0.25, -0.2) is 9.38 Å². The Bertz CT molecular complexity index is 939. The van der Waals surface area contributed by atoms with Gasteiger partial charge in [-0.05, 0) is 47.2 Å². The molecule has 0 saturated heterocycles. The first-order valence-electron chi connectivity index (χ1n) is 9.32. The van der Waals surface area contributed by atoms with Crippen molar-refractivity contribution >= 4 is 11.9 Å². The van der Waals surface area contributed by atoms with Crippen molar-refractivity contribution in [2.45, 2.75) is 45.5 Å². The predicted molar refractivity (Wildman–Crippen MR) is 108 cm³/mol. The third-order valence-corrected chi connectivity index (χ3v) is 5.09. The molecular formula is C22H26FN3O2. The first kappa shape index (κ1) is 19.9. The van der Waals surface area contributed by atoms with Crippen LogP contribution in [-0.2, 0) is 10.3 Å². The van der Waals surface area contributed by atoms with Crippen molar-refractivity contribution in [3.05, 3.63) is 64.7 Å². The number of ether oxygens (including phenoxy) is 1. The smallest absolute Gasteiger partial charge is 0.266 e. The molecule has 2 N–H and O–H groups in total. The minimum Gasteiger partial charge on any atom is -0.460 e. The summed E-state index contributed by atoms with van der Waals surface area (Å²) in [5.74, 6) is 0.671. The Kier molecular flexibility index (Phi) is 5.15. The largest absolute Gasteiger partial charge is 0.460 e. The summed E-state index contributed by atoms with van der Waals surface area (Å²) in [4.78, 5) is 19.3. The lowest BCUT2D eigenvalue weighted by atomic mass is 9.81. The number of benzene rings is 2. The molecule has 1 heterocycles. The Morgan fingerprint density at radius 1 is 1.14 bits per heavy atom. The quantitative estimate of drug-likeness (QED) is 0.853. The molecule has 148 valence electrons. The number of carbonyl (C=O) groups excluding carboxylic acids is 1. The second-order valence-corrected chi connectivity index (χ2v) is 7.47. The van der Waals surface area contributed by atoms with Crippen molar-refractivity contribution in [2.24, 2.45) is 10.7 Å². The van der Waals surface area contributed by atoms with Gasteiger partial charge in [-0.1, -0.05) is 44.2 Å². The van der Waals surface area contributed by atoms with Crippen LogP contribution < -0.4 is 10.5 Å². The maximum absolute atomic E-state index is 13.3. The number of likely N-dealkylation sites (N-methyl/N-ethyl adjacent to an activating group) is 1. The van der Waals surface area contributed by atoms with Gasteiger partial charge >= 0.3 is 0 Å². The zero-order valence-corrected chi connectivity index (χ0v) is 16.9. The first-order chi connectivity index (χ1) is 13.2. The molecule has 1 aliphatic rings. The van der Waals surface area contributed by atoms with E-state index in [0.29, 0.717) is 17.2 Å². The highest BCUT2D eigenvalue weighted by atomic mass is 19.1. The lowest BCUT2D eigenvalue weighted by molar-refractivity contribution is -0.129. The summed E-state index contributed by atoms with van der Waals surface area (Å²) in [6.45, 7) is 7.34. The van der Waals surface area contributed by atoms with Crippen molar-refractivity contribution in [3.63, 3.8) is 0 Å². The maximum Gasteiger partial charge on any atom is 0.266 e. The molecule has 2 aromatic rings. The van der Waals surface area contributed by atoms with E-state index in [-0.39, 0.29) is 11.9 Å². The highest BCUT2D eigenvalue weighted by Crippen LogP contribution is 2.41. The van der Waals surface area contributed by atoms with Crippen LogP contribution in [-0.4, -0.2) is 30.2 Å². The molecule has 1 aliphatic heterocycles.